The van der Waals surface area contributed by atoms with Crippen LogP contribution in [-0.4, -0.2) is 37.3 Å². The van der Waals surface area contributed by atoms with Crippen molar-refractivity contribution in [2.24, 2.45) is 4.99 Å². The number of halogens is 3. The number of hydrogen-bond donors (Lipinski definition) is 3. The summed E-state index contributed by atoms with van der Waals surface area (Å²) in [6, 6.07) is 11.6. The standard InChI is InChI=1S/C19H21F3N4OS/c1-2-23-19(24-10-11-28-13-6-4-3-5-7-13)25-12-16(27)26-15-9-8-14(20)17(21)18(15)22/h3-9H,2,10-12H2,1H3,(H,26,27)(H2,23,24,25). The molecule has 150 valence electrons. The van der Waals surface area contributed by atoms with Gasteiger partial charge in [0.2, 0.25) is 5.91 Å². The predicted molar refractivity (Wildman–Crippen MR) is 106 cm³/mol. The molecular weight excluding hydrogens is 389 g/mol. The molecule has 0 fully saturated rings. The summed E-state index contributed by atoms with van der Waals surface area (Å²) in [5, 5.41) is 8.26. The fourth-order valence-corrected chi connectivity index (χ4v) is 2.95. The maximum atomic E-state index is 13.6. The second-order valence-corrected chi connectivity index (χ2v) is 6.72. The SMILES string of the molecule is CCNC(=NCC(=O)Nc1ccc(F)c(F)c1F)NCCSc1ccccc1. The summed E-state index contributed by atoms with van der Waals surface area (Å²) in [6.07, 6.45) is 0. The lowest BCUT2D eigenvalue weighted by molar-refractivity contribution is -0.114. The molecule has 0 heterocycles. The van der Waals surface area contributed by atoms with Crippen LogP contribution in [0.2, 0.25) is 0 Å². The van der Waals surface area contributed by atoms with Crippen molar-refractivity contribution >= 4 is 29.3 Å². The van der Waals surface area contributed by atoms with Gasteiger partial charge < -0.3 is 16.0 Å². The van der Waals surface area contributed by atoms with E-state index in [0.29, 0.717) is 19.0 Å². The van der Waals surface area contributed by atoms with E-state index < -0.39 is 29.0 Å². The van der Waals surface area contributed by atoms with Gasteiger partial charge in [0.1, 0.15) is 6.54 Å². The van der Waals surface area contributed by atoms with Gasteiger partial charge in [0, 0.05) is 23.7 Å². The zero-order valence-electron chi connectivity index (χ0n) is 15.3. The molecule has 2 aromatic carbocycles. The minimum atomic E-state index is -1.63. The number of nitrogens with one attached hydrogen (secondary N) is 3. The molecule has 0 saturated heterocycles. The molecule has 28 heavy (non-hydrogen) atoms. The number of aliphatic imine (C=N–C) groups is 1. The number of amides is 1. The van der Waals surface area contributed by atoms with Gasteiger partial charge in [-0.25, -0.2) is 18.2 Å². The van der Waals surface area contributed by atoms with E-state index in [1.54, 1.807) is 11.8 Å². The number of rotatable bonds is 8. The van der Waals surface area contributed by atoms with E-state index in [9.17, 15) is 18.0 Å². The summed E-state index contributed by atoms with van der Waals surface area (Å²) in [4.78, 5) is 17.2. The van der Waals surface area contributed by atoms with Crippen LogP contribution in [0.25, 0.3) is 0 Å². The van der Waals surface area contributed by atoms with Gasteiger partial charge in [-0.1, -0.05) is 18.2 Å². The minimum Gasteiger partial charge on any atom is -0.357 e. The molecule has 0 unspecified atom stereocenters. The predicted octanol–water partition coefficient (Wildman–Crippen LogP) is 3.39. The number of thioether (sulfide) groups is 1. The smallest absolute Gasteiger partial charge is 0.246 e. The van der Waals surface area contributed by atoms with Crippen LogP contribution in [-0.2, 0) is 4.79 Å². The van der Waals surface area contributed by atoms with Gasteiger partial charge in [-0.2, -0.15) is 0 Å². The van der Waals surface area contributed by atoms with E-state index in [0.717, 1.165) is 22.8 Å². The van der Waals surface area contributed by atoms with Crippen LogP contribution < -0.4 is 16.0 Å². The second-order valence-electron chi connectivity index (χ2n) is 5.55. The zero-order valence-corrected chi connectivity index (χ0v) is 16.1. The maximum absolute atomic E-state index is 13.6. The topological polar surface area (TPSA) is 65.5 Å². The highest BCUT2D eigenvalue weighted by atomic mass is 32.2. The summed E-state index contributed by atoms with van der Waals surface area (Å²) in [7, 11) is 0. The van der Waals surface area contributed by atoms with Crippen molar-refractivity contribution in [3.63, 3.8) is 0 Å². The molecule has 2 rings (SSSR count). The van der Waals surface area contributed by atoms with Gasteiger partial charge in [0.15, 0.2) is 23.4 Å². The largest absolute Gasteiger partial charge is 0.357 e. The number of hydrogen-bond acceptors (Lipinski definition) is 3. The average molecular weight is 410 g/mol. The molecule has 0 radical (unpaired) electrons. The summed E-state index contributed by atoms with van der Waals surface area (Å²) in [5.74, 6) is -3.83. The molecule has 0 saturated carbocycles. The van der Waals surface area contributed by atoms with E-state index in [-0.39, 0.29) is 6.54 Å². The molecule has 0 aliphatic rings. The Morgan fingerprint density at radius 3 is 2.50 bits per heavy atom. The molecule has 0 aliphatic heterocycles. The highest BCUT2D eigenvalue weighted by Crippen LogP contribution is 2.19. The summed E-state index contributed by atoms with van der Waals surface area (Å²) >= 11 is 1.68. The number of guanidine groups is 1. The Kier molecular flexibility index (Phi) is 8.67. The van der Waals surface area contributed by atoms with Gasteiger partial charge in [0.05, 0.1) is 5.69 Å². The van der Waals surface area contributed by atoms with Crippen LogP contribution in [0.1, 0.15) is 6.92 Å². The Morgan fingerprint density at radius 2 is 1.79 bits per heavy atom. The molecule has 1 amide bonds. The quantitative estimate of drug-likeness (QED) is 0.205. The fourth-order valence-electron chi connectivity index (χ4n) is 2.16. The molecule has 9 heteroatoms. The Bertz CT molecular complexity index is 818. The van der Waals surface area contributed by atoms with E-state index in [1.807, 2.05) is 37.3 Å². The van der Waals surface area contributed by atoms with E-state index in [4.69, 9.17) is 0 Å². The van der Waals surface area contributed by atoms with Gasteiger partial charge in [-0.15, -0.1) is 11.8 Å². The Hall–Kier alpha value is -2.68. The van der Waals surface area contributed by atoms with Gasteiger partial charge >= 0.3 is 0 Å². The molecule has 0 aliphatic carbocycles. The number of anilines is 1. The first-order valence-electron chi connectivity index (χ1n) is 8.64. The summed E-state index contributed by atoms with van der Waals surface area (Å²) in [5.41, 5.74) is -0.434. The number of benzene rings is 2. The maximum Gasteiger partial charge on any atom is 0.246 e. The van der Waals surface area contributed by atoms with E-state index in [2.05, 4.69) is 20.9 Å². The molecular formula is C19H21F3N4OS. The molecule has 3 N–H and O–H groups in total. The fraction of sp³-hybridized carbons (Fsp3) is 0.263. The van der Waals surface area contributed by atoms with Crippen LogP contribution in [0.15, 0.2) is 52.4 Å². The zero-order chi connectivity index (χ0) is 20.4. The van der Waals surface area contributed by atoms with Crippen LogP contribution in [0.5, 0.6) is 0 Å². The van der Waals surface area contributed by atoms with Crippen molar-refractivity contribution in [2.75, 3.05) is 30.7 Å². The Labute approximate surface area is 165 Å². The van der Waals surface area contributed by atoms with E-state index >= 15 is 0 Å². The summed E-state index contributed by atoms with van der Waals surface area (Å²) < 4.78 is 39.7. The number of nitrogens with zero attached hydrogens (tertiary/aromatic N) is 1. The lowest BCUT2D eigenvalue weighted by Gasteiger charge is -2.11. The number of carbonyl (C=O) groups is 1. The highest BCUT2D eigenvalue weighted by molar-refractivity contribution is 7.99. The third-order valence-electron chi connectivity index (χ3n) is 3.44. The van der Waals surface area contributed by atoms with Gasteiger partial charge in [-0.3, -0.25) is 4.79 Å². The first-order valence-corrected chi connectivity index (χ1v) is 9.63. The first kappa shape index (κ1) is 21.6. The third kappa shape index (κ3) is 6.80. The average Bonchev–Trinajstić information content (AvgIpc) is 2.70. The molecule has 2 aromatic rings. The van der Waals surface area contributed by atoms with Crippen LogP contribution in [0.4, 0.5) is 18.9 Å². The van der Waals surface area contributed by atoms with Gasteiger partial charge in [-0.05, 0) is 31.2 Å². The monoisotopic (exact) mass is 410 g/mol. The van der Waals surface area contributed by atoms with Gasteiger partial charge in [0.25, 0.3) is 0 Å². The molecule has 5 nitrogen and oxygen atoms in total. The minimum absolute atomic E-state index is 0.306. The molecule has 0 aromatic heterocycles. The van der Waals surface area contributed by atoms with Crippen molar-refractivity contribution in [2.45, 2.75) is 11.8 Å². The summed E-state index contributed by atoms with van der Waals surface area (Å²) in [6.45, 7) is 2.79. The van der Waals surface area contributed by atoms with Crippen LogP contribution >= 0.6 is 11.8 Å². The Morgan fingerprint density at radius 1 is 1.04 bits per heavy atom. The molecule has 0 bridgehead atoms. The number of carbonyl (C=O) groups excluding carboxylic acids is 1. The van der Waals surface area contributed by atoms with Crippen molar-refractivity contribution in [1.29, 1.82) is 0 Å². The lowest BCUT2D eigenvalue weighted by atomic mass is 10.3. The highest BCUT2D eigenvalue weighted by Gasteiger charge is 2.15. The second kappa shape index (κ2) is 11.2. The Balaban J connectivity index is 1.83. The van der Waals surface area contributed by atoms with Crippen molar-refractivity contribution in [1.82, 2.24) is 10.6 Å². The van der Waals surface area contributed by atoms with Crippen molar-refractivity contribution in [3.8, 4) is 0 Å². The normalized spacial score (nSPS) is 11.2. The molecule has 0 atom stereocenters. The van der Waals surface area contributed by atoms with Crippen molar-refractivity contribution in [3.05, 3.63) is 59.9 Å². The van der Waals surface area contributed by atoms with E-state index in [1.165, 1.54) is 0 Å². The van der Waals surface area contributed by atoms with Crippen LogP contribution in [0.3, 0.4) is 0 Å². The third-order valence-corrected chi connectivity index (χ3v) is 4.45. The molecule has 0 spiro atoms. The first-order chi connectivity index (χ1) is 13.5. The van der Waals surface area contributed by atoms with Crippen LogP contribution in [0, 0.1) is 17.5 Å². The lowest BCUT2D eigenvalue weighted by Crippen LogP contribution is -2.39. The van der Waals surface area contributed by atoms with Crippen molar-refractivity contribution < 1.29 is 18.0 Å².